The number of halogens is 1. The highest BCUT2D eigenvalue weighted by molar-refractivity contribution is 7.42. The Hall–Kier alpha value is -1.60. The van der Waals surface area contributed by atoms with E-state index >= 15 is 0 Å². The van der Waals surface area contributed by atoms with Crippen molar-refractivity contribution in [2.24, 2.45) is 0 Å². The summed E-state index contributed by atoms with van der Waals surface area (Å²) in [6.07, 6.45) is 0. The third kappa shape index (κ3) is 3.72. The van der Waals surface area contributed by atoms with Gasteiger partial charge in [0.1, 0.15) is 11.5 Å². The minimum Gasteiger partial charge on any atom is -0.415 e. The molecule has 4 heteroatoms. The van der Waals surface area contributed by atoms with Gasteiger partial charge in [0.05, 0.1) is 0 Å². The van der Waals surface area contributed by atoms with E-state index in [0.717, 1.165) is 5.56 Å². The lowest BCUT2D eigenvalue weighted by Gasteiger charge is -2.10. The molecule has 0 spiro atoms. The fourth-order valence-electron chi connectivity index (χ4n) is 1.34. The van der Waals surface area contributed by atoms with E-state index in [1.165, 1.54) is 0 Å². The average molecular weight is 250 g/mol. The molecule has 17 heavy (non-hydrogen) atoms. The molecule has 2 aromatic rings. The van der Waals surface area contributed by atoms with E-state index in [1.54, 1.807) is 36.4 Å². The van der Waals surface area contributed by atoms with Crippen molar-refractivity contribution in [1.82, 2.24) is 0 Å². The molecule has 2 rings (SSSR count). The summed E-state index contributed by atoms with van der Waals surface area (Å²) < 4.78 is 23.6. The van der Waals surface area contributed by atoms with Crippen molar-refractivity contribution in [1.29, 1.82) is 0 Å². The lowest BCUT2D eigenvalue weighted by atomic mass is 10.2. The van der Waals surface area contributed by atoms with E-state index in [4.69, 9.17) is 9.05 Å². The second-order valence-corrected chi connectivity index (χ2v) is 4.31. The Morgan fingerprint density at radius 1 is 0.882 bits per heavy atom. The van der Waals surface area contributed by atoms with Crippen molar-refractivity contribution >= 4 is 8.69 Å². The lowest BCUT2D eigenvalue weighted by Crippen LogP contribution is -1.91. The van der Waals surface area contributed by atoms with E-state index in [1.807, 2.05) is 25.1 Å². The monoisotopic (exact) mass is 250 g/mol. The van der Waals surface area contributed by atoms with Crippen LogP contribution in [0.5, 0.6) is 11.5 Å². The number of para-hydroxylation sites is 1. The molecule has 0 N–H and O–H groups in total. The zero-order valence-corrected chi connectivity index (χ0v) is 10.2. The highest BCUT2D eigenvalue weighted by Gasteiger charge is 2.13. The van der Waals surface area contributed by atoms with Crippen LogP contribution >= 0.6 is 8.69 Å². The lowest BCUT2D eigenvalue weighted by molar-refractivity contribution is 0.439. The Balaban J connectivity index is 1.96. The Kier molecular flexibility index (Phi) is 3.94. The molecule has 0 heterocycles. The van der Waals surface area contributed by atoms with Crippen LogP contribution in [-0.4, -0.2) is 0 Å². The highest BCUT2D eigenvalue weighted by atomic mass is 31.2. The predicted molar refractivity (Wildman–Crippen MR) is 66.9 cm³/mol. The molecule has 0 saturated carbocycles. The molecule has 0 saturated heterocycles. The van der Waals surface area contributed by atoms with Gasteiger partial charge in [-0.3, -0.25) is 0 Å². The Bertz CT molecular complexity index is 476. The van der Waals surface area contributed by atoms with Gasteiger partial charge >= 0.3 is 8.69 Å². The summed E-state index contributed by atoms with van der Waals surface area (Å²) in [4.78, 5) is 0. The summed E-state index contributed by atoms with van der Waals surface area (Å²) >= 11 is 0. The second-order valence-electron chi connectivity index (χ2n) is 3.52. The molecule has 88 valence electrons. The maximum absolute atomic E-state index is 13.5. The van der Waals surface area contributed by atoms with Crippen LogP contribution < -0.4 is 9.05 Å². The third-order valence-electron chi connectivity index (χ3n) is 2.09. The van der Waals surface area contributed by atoms with Crippen molar-refractivity contribution < 1.29 is 13.2 Å². The topological polar surface area (TPSA) is 18.5 Å². The van der Waals surface area contributed by atoms with Crippen LogP contribution in [0.2, 0.25) is 0 Å². The standard InChI is InChI=1S/C13H12FO2P/c1-11-6-5-9-13(10-11)16-17(14)15-12-7-3-2-4-8-12/h2-10H,1H3. The van der Waals surface area contributed by atoms with Crippen LogP contribution in [-0.2, 0) is 0 Å². The summed E-state index contributed by atoms with van der Waals surface area (Å²) in [7, 11) is -2.45. The van der Waals surface area contributed by atoms with E-state index in [0.29, 0.717) is 11.5 Å². The Morgan fingerprint density at radius 2 is 1.53 bits per heavy atom. The molecule has 0 aliphatic rings. The molecule has 0 aliphatic carbocycles. The molecule has 0 radical (unpaired) electrons. The van der Waals surface area contributed by atoms with Gasteiger partial charge in [0.2, 0.25) is 0 Å². The fraction of sp³-hybridized carbons (Fsp3) is 0.0769. The van der Waals surface area contributed by atoms with Gasteiger partial charge in [-0.05, 0) is 36.8 Å². The van der Waals surface area contributed by atoms with Gasteiger partial charge in [-0.1, -0.05) is 30.3 Å². The van der Waals surface area contributed by atoms with Gasteiger partial charge in [0.15, 0.2) is 0 Å². The van der Waals surface area contributed by atoms with Gasteiger partial charge < -0.3 is 9.05 Å². The summed E-state index contributed by atoms with van der Waals surface area (Å²) in [5.41, 5.74) is 1.02. The maximum Gasteiger partial charge on any atom is 0.505 e. The van der Waals surface area contributed by atoms with Crippen LogP contribution in [0.4, 0.5) is 4.20 Å². The Labute approximate surface area is 101 Å². The second kappa shape index (κ2) is 5.65. The van der Waals surface area contributed by atoms with Gasteiger partial charge in [0, 0.05) is 0 Å². The number of aryl methyl sites for hydroxylation is 1. The molecule has 0 aliphatic heterocycles. The normalized spacial score (nSPS) is 11.9. The molecule has 0 fully saturated rings. The average Bonchev–Trinajstić information content (AvgIpc) is 2.30. The van der Waals surface area contributed by atoms with Gasteiger partial charge in [-0.2, -0.15) is 0 Å². The van der Waals surface area contributed by atoms with Gasteiger partial charge in [-0.25, -0.2) is 0 Å². The number of hydrogen-bond donors (Lipinski definition) is 0. The summed E-state index contributed by atoms with van der Waals surface area (Å²) in [6.45, 7) is 1.92. The first-order valence-electron chi connectivity index (χ1n) is 5.17. The van der Waals surface area contributed by atoms with Crippen LogP contribution in [0.3, 0.4) is 0 Å². The number of hydrogen-bond acceptors (Lipinski definition) is 2. The molecule has 1 unspecified atom stereocenters. The summed E-state index contributed by atoms with van der Waals surface area (Å²) in [5, 5.41) is 0. The van der Waals surface area contributed by atoms with Crippen molar-refractivity contribution in [3.8, 4) is 11.5 Å². The zero-order valence-electron chi connectivity index (χ0n) is 9.34. The van der Waals surface area contributed by atoms with Crippen molar-refractivity contribution in [3.63, 3.8) is 0 Å². The van der Waals surface area contributed by atoms with E-state index < -0.39 is 8.69 Å². The van der Waals surface area contributed by atoms with Gasteiger partial charge in [0.25, 0.3) is 0 Å². The van der Waals surface area contributed by atoms with Crippen LogP contribution in [0.15, 0.2) is 54.6 Å². The molecule has 0 aromatic heterocycles. The maximum atomic E-state index is 13.5. The molecule has 0 bridgehead atoms. The Morgan fingerprint density at radius 3 is 2.24 bits per heavy atom. The molecular formula is C13H12FO2P. The third-order valence-corrected chi connectivity index (χ3v) is 2.80. The van der Waals surface area contributed by atoms with Crippen LogP contribution in [0, 0.1) is 6.92 Å². The van der Waals surface area contributed by atoms with E-state index in [9.17, 15) is 4.20 Å². The minimum atomic E-state index is -2.45. The number of rotatable bonds is 4. The fourth-order valence-corrected chi connectivity index (χ4v) is 1.94. The molecular weight excluding hydrogens is 238 g/mol. The van der Waals surface area contributed by atoms with Crippen molar-refractivity contribution in [2.45, 2.75) is 6.92 Å². The smallest absolute Gasteiger partial charge is 0.415 e. The molecule has 0 amide bonds. The largest absolute Gasteiger partial charge is 0.505 e. The predicted octanol–water partition coefficient (Wildman–Crippen LogP) is 4.65. The van der Waals surface area contributed by atoms with Gasteiger partial charge in [-0.15, -0.1) is 4.20 Å². The summed E-state index contributed by atoms with van der Waals surface area (Å²) in [6, 6.07) is 16.0. The van der Waals surface area contributed by atoms with Crippen molar-refractivity contribution in [2.75, 3.05) is 0 Å². The zero-order chi connectivity index (χ0) is 12.1. The first-order chi connectivity index (χ1) is 8.24. The SMILES string of the molecule is Cc1cccc(OP(F)Oc2ccccc2)c1. The first-order valence-corrected chi connectivity index (χ1v) is 6.24. The number of benzene rings is 2. The van der Waals surface area contributed by atoms with Crippen LogP contribution in [0.1, 0.15) is 5.56 Å². The summed E-state index contributed by atoms with van der Waals surface area (Å²) in [5.74, 6) is 0.948. The van der Waals surface area contributed by atoms with E-state index in [2.05, 4.69) is 0 Å². The van der Waals surface area contributed by atoms with Crippen molar-refractivity contribution in [3.05, 3.63) is 60.2 Å². The molecule has 1 atom stereocenters. The quantitative estimate of drug-likeness (QED) is 0.735. The highest BCUT2D eigenvalue weighted by Crippen LogP contribution is 2.41. The molecule has 2 nitrogen and oxygen atoms in total. The first kappa shape index (κ1) is 11.9. The minimum absolute atomic E-state index is 0.466. The molecule has 2 aromatic carbocycles. The van der Waals surface area contributed by atoms with E-state index in [-0.39, 0.29) is 0 Å². The van der Waals surface area contributed by atoms with Crippen LogP contribution in [0.25, 0.3) is 0 Å².